The van der Waals surface area contributed by atoms with E-state index in [0.717, 1.165) is 35.4 Å². The average Bonchev–Trinajstić information content (AvgIpc) is 2.53. The number of hydrogen-bond acceptors (Lipinski definition) is 2. The van der Waals surface area contributed by atoms with Gasteiger partial charge in [-0.2, -0.15) is 13.2 Å². The van der Waals surface area contributed by atoms with Crippen molar-refractivity contribution in [1.82, 2.24) is 5.32 Å². The normalized spacial score (nSPS) is 11.0. The van der Waals surface area contributed by atoms with Crippen LogP contribution in [-0.2, 0) is 22.3 Å². The Balaban J connectivity index is 1.92. The quantitative estimate of drug-likeness (QED) is 0.845. The van der Waals surface area contributed by atoms with Crippen molar-refractivity contribution in [2.24, 2.45) is 0 Å². The number of anilines is 1. The van der Waals surface area contributed by atoms with Gasteiger partial charge in [-0.15, -0.1) is 0 Å². The second-order valence-electron chi connectivity index (χ2n) is 5.14. The van der Waals surface area contributed by atoms with Crippen LogP contribution >= 0.6 is 0 Å². The molecule has 2 N–H and O–H groups in total. The molecule has 0 aliphatic carbocycles. The second kappa shape index (κ2) is 7.16. The smallest absolute Gasteiger partial charge is 0.344 e. The molecule has 7 heteroatoms. The average molecular weight is 336 g/mol. The molecule has 0 saturated carbocycles. The third-order valence-electron chi connectivity index (χ3n) is 3.38. The van der Waals surface area contributed by atoms with Gasteiger partial charge in [0.05, 0.1) is 5.56 Å². The van der Waals surface area contributed by atoms with E-state index in [-0.39, 0.29) is 12.2 Å². The lowest BCUT2D eigenvalue weighted by molar-refractivity contribution is -0.137. The van der Waals surface area contributed by atoms with Crippen LogP contribution in [0.3, 0.4) is 0 Å². The van der Waals surface area contributed by atoms with Gasteiger partial charge in [0.1, 0.15) is 0 Å². The van der Waals surface area contributed by atoms with Crippen molar-refractivity contribution < 1.29 is 22.8 Å². The standard InChI is InChI=1S/C17H15F3N2O2/c1-11-4-2-3-5-12(11)10-21-15(23)16(24)22-14-8-6-13(7-9-14)17(18,19)20/h2-9H,10H2,1H3,(H,21,23)(H,22,24). The number of nitrogens with one attached hydrogen (secondary N) is 2. The summed E-state index contributed by atoms with van der Waals surface area (Å²) in [7, 11) is 0. The monoisotopic (exact) mass is 336 g/mol. The zero-order chi connectivity index (χ0) is 17.7. The molecule has 0 atom stereocenters. The van der Waals surface area contributed by atoms with Crippen LogP contribution in [0.2, 0.25) is 0 Å². The molecule has 0 bridgehead atoms. The molecule has 2 aromatic carbocycles. The van der Waals surface area contributed by atoms with Crippen LogP contribution in [0.1, 0.15) is 16.7 Å². The number of rotatable bonds is 3. The van der Waals surface area contributed by atoms with Crippen molar-refractivity contribution in [2.45, 2.75) is 19.6 Å². The summed E-state index contributed by atoms with van der Waals surface area (Å²) in [6.45, 7) is 2.07. The van der Waals surface area contributed by atoms with Crippen LogP contribution in [0.4, 0.5) is 18.9 Å². The van der Waals surface area contributed by atoms with E-state index >= 15 is 0 Å². The highest BCUT2D eigenvalue weighted by molar-refractivity contribution is 6.39. The molecule has 2 amide bonds. The van der Waals surface area contributed by atoms with Gasteiger partial charge < -0.3 is 10.6 Å². The van der Waals surface area contributed by atoms with Crippen LogP contribution in [0, 0.1) is 6.92 Å². The van der Waals surface area contributed by atoms with E-state index in [4.69, 9.17) is 0 Å². The summed E-state index contributed by atoms with van der Waals surface area (Å²) in [6, 6.07) is 11.2. The molecular formula is C17H15F3N2O2. The Morgan fingerprint density at radius 2 is 1.58 bits per heavy atom. The lowest BCUT2D eigenvalue weighted by Gasteiger charge is -2.10. The first kappa shape index (κ1) is 17.5. The Morgan fingerprint density at radius 3 is 2.17 bits per heavy atom. The van der Waals surface area contributed by atoms with Gasteiger partial charge >= 0.3 is 18.0 Å². The lowest BCUT2D eigenvalue weighted by atomic mass is 10.1. The Hall–Kier alpha value is -2.83. The Morgan fingerprint density at radius 1 is 0.958 bits per heavy atom. The van der Waals surface area contributed by atoms with Crippen LogP contribution in [-0.4, -0.2) is 11.8 Å². The predicted octanol–water partition coefficient (Wildman–Crippen LogP) is 3.27. The molecular weight excluding hydrogens is 321 g/mol. The third kappa shape index (κ3) is 4.58. The highest BCUT2D eigenvalue weighted by atomic mass is 19.4. The molecule has 126 valence electrons. The highest BCUT2D eigenvalue weighted by Crippen LogP contribution is 2.29. The Kier molecular flexibility index (Phi) is 5.23. The van der Waals surface area contributed by atoms with E-state index in [1.165, 1.54) is 0 Å². The summed E-state index contributed by atoms with van der Waals surface area (Å²) < 4.78 is 37.4. The molecule has 0 heterocycles. The molecule has 0 aromatic heterocycles. The maximum absolute atomic E-state index is 12.5. The second-order valence-corrected chi connectivity index (χ2v) is 5.14. The summed E-state index contributed by atoms with van der Waals surface area (Å²) in [5.74, 6) is -1.80. The van der Waals surface area contributed by atoms with Gasteiger partial charge in [0.2, 0.25) is 0 Å². The molecule has 0 spiro atoms. The summed E-state index contributed by atoms with van der Waals surface area (Å²) in [4.78, 5) is 23.5. The van der Waals surface area contributed by atoms with Crippen LogP contribution in [0.15, 0.2) is 48.5 Å². The van der Waals surface area contributed by atoms with Crippen molar-refractivity contribution in [3.63, 3.8) is 0 Å². The lowest BCUT2D eigenvalue weighted by Crippen LogP contribution is -2.35. The fourth-order valence-corrected chi connectivity index (χ4v) is 1.99. The van der Waals surface area contributed by atoms with Crippen LogP contribution < -0.4 is 10.6 Å². The summed E-state index contributed by atoms with van der Waals surface area (Å²) >= 11 is 0. The molecule has 0 unspecified atom stereocenters. The molecule has 0 aliphatic rings. The van der Waals surface area contributed by atoms with Crippen molar-refractivity contribution >= 4 is 17.5 Å². The van der Waals surface area contributed by atoms with Gasteiger partial charge in [-0.05, 0) is 42.3 Å². The van der Waals surface area contributed by atoms with Crippen LogP contribution in [0.25, 0.3) is 0 Å². The number of aryl methyl sites for hydroxylation is 1. The molecule has 0 radical (unpaired) electrons. The minimum Gasteiger partial charge on any atom is -0.344 e. The molecule has 2 aromatic rings. The van der Waals surface area contributed by atoms with E-state index < -0.39 is 23.6 Å². The van der Waals surface area contributed by atoms with Gasteiger partial charge in [-0.25, -0.2) is 0 Å². The number of halogens is 3. The summed E-state index contributed by atoms with van der Waals surface area (Å²) in [5.41, 5.74) is 1.12. The maximum atomic E-state index is 12.5. The SMILES string of the molecule is Cc1ccccc1CNC(=O)C(=O)Nc1ccc(C(F)(F)F)cc1. The summed E-state index contributed by atoms with van der Waals surface area (Å²) in [6.07, 6.45) is -4.45. The van der Waals surface area contributed by atoms with Crippen molar-refractivity contribution in [2.75, 3.05) is 5.32 Å². The number of amides is 2. The fourth-order valence-electron chi connectivity index (χ4n) is 1.99. The van der Waals surface area contributed by atoms with Gasteiger partial charge in [0.15, 0.2) is 0 Å². The zero-order valence-electron chi connectivity index (χ0n) is 12.8. The number of hydrogen-bond donors (Lipinski definition) is 2. The zero-order valence-corrected chi connectivity index (χ0v) is 12.8. The van der Waals surface area contributed by atoms with Gasteiger partial charge in [0.25, 0.3) is 0 Å². The number of carbonyl (C=O) groups excluding carboxylic acids is 2. The summed E-state index contributed by atoms with van der Waals surface area (Å²) in [5, 5.41) is 4.72. The molecule has 0 fully saturated rings. The minimum absolute atomic E-state index is 0.110. The van der Waals surface area contributed by atoms with Gasteiger partial charge in [-0.3, -0.25) is 9.59 Å². The Bertz CT molecular complexity index is 740. The first-order chi connectivity index (χ1) is 11.3. The van der Waals surface area contributed by atoms with Gasteiger partial charge in [-0.1, -0.05) is 24.3 Å². The first-order valence-corrected chi connectivity index (χ1v) is 7.08. The first-order valence-electron chi connectivity index (χ1n) is 7.08. The van der Waals surface area contributed by atoms with Crippen molar-refractivity contribution in [1.29, 1.82) is 0 Å². The number of alkyl halides is 3. The van der Waals surface area contributed by atoms with E-state index in [2.05, 4.69) is 10.6 Å². The van der Waals surface area contributed by atoms with Crippen molar-refractivity contribution in [3.8, 4) is 0 Å². The third-order valence-corrected chi connectivity index (χ3v) is 3.38. The highest BCUT2D eigenvalue weighted by Gasteiger charge is 2.30. The molecule has 4 nitrogen and oxygen atoms in total. The Labute approximate surface area is 136 Å². The van der Waals surface area contributed by atoms with E-state index in [9.17, 15) is 22.8 Å². The predicted molar refractivity (Wildman–Crippen MR) is 83.1 cm³/mol. The maximum Gasteiger partial charge on any atom is 0.416 e. The topological polar surface area (TPSA) is 58.2 Å². The van der Waals surface area contributed by atoms with Crippen LogP contribution in [0.5, 0.6) is 0 Å². The number of benzene rings is 2. The molecule has 24 heavy (non-hydrogen) atoms. The molecule has 0 saturated heterocycles. The fraction of sp³-hybridized carbons (Fsp3) is 0.176. The largest absolute Gasteiger partial charge is 0.416 e. The molecule has 0 aliphatic heterocycles. The minimum atomic E-state index is -4.45. The van der Waals surface area contributed by atoms with Crippen molar-refractivity contribution in [3.05, 3.63) is 65.2 Å². The van der Waals surface area contributed by atoms with E-state index in [1.54, 1.807) is 0 Å². The molecule has 2 rings (SSSR count). The van der Waals surface area contributed by atoms with Gasteiger partial charge in [0, 0.05) is 12.2 Å². The number of carbonyl (C=O) groups is 2. The van der Waals surface area contributed by atoms with E-state index in [1.807, 2.05) is 31.2 Å². The van der Waals surface area contributed by atoms with E-state index in [0.29, 0.717) is 0 Å².